The highest BCUT2D eigenvalue weighted by Crippen LogP contribution is 2.30. The molecule has 0 unspecified atom stereocenters. The van der Waals surface area contributed by atoms with Gasteiger partial charge in [0.25, 0.3) is 0 Å². The van der Waals surface area contributed by atoms with Gasteiger partial charge in [-0.2, -0.15) is 0 Å². The van der Waals surface area contributed by atoms with Gasteiger partial charge in [-0.15, -0.1) is 0 Å². The quantitative estimate of drug-likeness (QED) is 0.786. The number of aromatic nitrogens is 1. The van der Waals surface area contributed by atoms with E-state index in [1.807, 2.05) is 7.05 Å². The Kier molecular flexibility index (Phi) is 5.55. The summed E-state index contributed by atoms with van der Waals surface area (Å²) in [4.78, 5) is 6.11. The molecular weight excluding hydrogens is 270 g/mol. The summed E-state index contributed by atoms with van der Waals surface area (Å²) in [6, 6.07) is 0. The zero-order valence-corrected chi connectivity index (χ0v) is 11.1. The molecule has 0 fully saturated rings. The van der Waals surface area contributed by atoms with Crippen LogP contribution < -0.4 is 10.6 Å². The van der Waals surface area contributed by atoms with Crippen LogP contribution in [0, 0.1) is 0 Å². The molecule has 4 nitrogen and oxygen atoms in total. The first-order valence-corrected chi connectivity index (χ1v) is 6.17. The molecule has 0 aliphatic rings. The molecule has 1 aromatic rings. The normalized spacial score (nSPS) is 10.4. The molecule has 0 bridgehead atoms. The van der Waals surface area contributed by atoms with Gasteiger partial charge in [0.1, 0.15) is 0 Å². The molecule has 5 heteroatoms. The predicted molar refractivity (Wildman–Crippen MR) is 70.6 cm³/mol. The van der Waals surface area contributed by atoms with Gasteiger partial charge < -0.3 is 15.7 Å². The molecule has 0 aliphatic carbocycles. The minimum absolute atomic E-state index is 0.269. The Hall–Kier alpha value is -0.810. The summed E-state index contributed by atoms with van der Waals surface area (Å²) in [6.07, 6.45) is 6.34. The maximum Gasteiger partial charge on any atom is 0.0773 e. The van der Waals surface area contributed by atoms with Crippen molar-refractivity contribution in [3.05, 3.63) is 16.9 Å². The molecule has 0 aromatic carbocycles. The van der Waals surface area contributed by atoms with E-state index in [-0.39, 0.29) is 6.61 Å². The molecule has 90 valence electrons. The highest BCUT2D eigenvalue weighted by atomic mass is 79.9. The van der Waals surface area contributed by atoms with Crippen LogP contribution in [0.3, 0.4) is 0 Å². The lowest BCUT2D eigenvalue weighted by Crippen LogP contribution is -2.20. The van der Waals surface area contributed by atoms with Crippen molar-refractivity contribution in [2.24, 2.45) is 0 Å². The number of unbranched alkanes of at least 4 members (excludes halogenated alkanes) is 2. The Morgan fingerprint density at radius 3 is 2.75 bits per heavy atom. The summed E-state index contributed by atoms with van der Waals surface area (Å²) in [7, 11) is 2.01. The molecule has 1 heterocycles. The van der Waals surface area contributed by atoms with Gasteiger partial charge >= 0.3 is 0 Å². The first-order chi connectivity index (χ1) is 7.66. The highest BCUT2D eigenvalue weighted by molar-refractivity contribution is 9.10. The molecule has 1 rings (SSSR count). The number of aliphatic hydroxyl groups is 1. The van der Waals surface area contributed by atoms with Crippen LogP contribution >= 0.6 is 15.9 Å². The third kappa shape index (κ3) is 3.64. The number of halogens is 1. The molecule has 0 radical (unpaired) electrons. The molecule has 1 aromatic heterocycles. The Balaban J connectivity index is 2.55. The lowest BCUT2D eigenvalue weighted by atomic mass is 10.2. The van der Waals surface area contributed by atoms with E-state index in [2.05, 4.69) is 25.8 Å². The van der Waals surface area contributed by atoms with E-state index < -0.39 is 0 Å². The van der Waals surface area contributed by atoms with E-state index in [0.717, 1.165) is 36.0 Å². The Morgan fingerprint density at radius 2 is 2.12 bits per heavy atom. The van der Waals surface area contributed by atoms with Crippen molar-refractivity contribution in [1.29, 1.82) is 0 Å². The maximum absolute atomic E-state index is 8.69. The molecule has 0 amide bonds. The van der Waals surface area contributed by atoms with Gasteiger partial charge in [0.05, 0.1) is 22.0 Å². The molecule has 0 spiro atoms. The number of hydrogen-bond donors (Lipinski definition) is 2. The van der Waals surface area contributed by atoms with Crippen molar-refractivity contribution in [3.63, 3.8) is 0 Å². The van der Waals surface area contributed by atoms with Gasteiger partial charge in [0.15, 0.2) is 0 Å². The summed E-state index contributed by atoms with van der Waals surface area (Å²) in [5, 5.41) is 8.69. The summed E-state index contributed by atoms with van der Waals surface area (Å²) < 4.78 is 0.914. The molecule has 16 heavy (non-hydrogen) atoms. The van der Waals surface area contributed by atoms with Crippen LogP contribution in [0.25, 0.3) is 0 Å². The smallest absolute Gasteiger partial charge is 0.0773 e. The van der Waals surface area contributed by atoms with Gasteiger partial charge in [-0.25, -0.2) is 0 Å². The molecule has 3 N–H and O–H groups in total. The topological polar surface area (TPSA) is 62.4 Å². The largest absolute Gasteiger partial charge is 0.396 e. The van der Waals surface area contributed by atoms with Gasteiger partial charge in [0.2, 0.25) is 0 Å². The molecular formula is C11H18BrN3O. The van der Waals surface area contributed by atoms with E-state index in [1.165, 1.54) is 0 Å². The van der Waals surface area contributed by atoms with E-state index >= 15 is 0 Å². The summed E-state index contributed by atoms with van der Waals surface area (Å²) in [5.41, 5.74) is 7.54. The van der Waals surface area contributed by atoms with Crippen molar-refractivity contribution in [3.8, 4) is 0 Å². The predicted octanol–water partition coefficient (Wildman–Crippen LogP) is 2.03. The monoisotopic (exact) mass is 287 g/mol. The van der Waals surface area contributed by atoms with E-state index in [4.69, 9.17) is 10.8 Å². The van der Waals surface area contributed by atoms with Crippen molar-refractivity contribution in [1.82, 2.24) is 4.98 Å². The zero-order chi connectivity index (χ0) is 12.0. The SMILES string of the molecule is CN(CCCCCO)c1c(N)cncc1Br. The van der Waals surface area contributed by atoms with E-state index in [9.17, 15) is 0 Å². The van der Waals surface area contributed by atoms with E-state index in [1.54, 1.807) is 12.4 Å². The maximum atomic E-state index is 8.69. The van der Waals surface area contributed by atoms with Crippen molar-refractivity contribution >= 4 is 27.3 Å². The molecule has 0 atom stereocenters. The van der Waals surface area contributed by atoms with Crippen LogP contribution in [-0.4, -0.2) is 30.3 Å². The number of hydrogen-bond acceptors (Lipinski definition) is 4. The summed E-state index contributed by atoms with van der Waals surface area (Å²) in [5.74, 6) is 0. The standard InChI is InChI=1S/C11H18BrN3O/c1-15(5-3-2-4-6-16)11-9(12)7-14-8-10(11)13/h7-8,16H,2-6,13H2,1H3. The number of pyridine rings is 1. The van der Waals surface area contributed by atoms with Crippen LogP contribution in [0.2, 0.25) is 0 Å². The number of aliphatic hydroxyl groups excluding tert-OH is 1. The Labute approximate surface area is 105 Å². The van der Waals surface area contributed by atoms with Gasteiger partial charge in [-0.3, -0.25) is 4.98 Å². The number of nitrogen functional groups attached to an aromatic ring is 1. The first-order valence-electron chi connectivity index (χ1n) is 5.37. The van der Waals surface area contributed by atoms with Crippen LogP contribution in [0.15, 0.2) is 16.9 Å². The van der Waals surface area contributed by atoms with Crippen LogP contribution in [-0.2, 0) is 0 Å². The number of rotatable bonds is 6. The number of nitrogens with two attached hydrogens (primary N) is 1. The fourth-order valence-electron chi connectivity index (χ4n) is 1.60. The Morgan fingerprint density at radius 1 is 1.38 bits per heavy atom. The summed E-state index contributed by atoms with van der Waals surface area (Å²) in [6.45, 7) is 1.19. The summed E-state index contributed by atoms with van der Waals surface area (Å²) >= 11 is 3.45. The third-order valence-electron chi connectivity index (χ3n) is 2.43. The minimum atomic E-state index is 0.269. The van der Waals surface area contributed by atoms with Crippen molar-refractivity contribution in [2.75, 3.05) is 30.8 Å². The van der Waals surface area contributed by atoms with Gasteiger partial charge in [-0.1, -0.05) is 0 Å². The van der Waals surface area contributed by atoms with Gasteiger partial charge in [-0.05, 0) is 35.2 Å². The number of anilines is 2. The first kappa shape index (κ1) is 13.3. The third-order valence-corrected chi connectivity index (χ3v) is 3.01. The lowest BCUT2D eigenvalue weighted by molar-refractivity contribution is 0.283. The van der Waals surface area contributed by atoms with Crippen LogP contribution in [0.1, 0.15) is 19.3 Å². The second-order valence-electron chi connectivity index (χ2n) is 3.76. The minimum Gasteiger partial charge on any atom is -0.396 e. The number of nitrogens with zero attached hydrogens (tertiary/aromatic N) is 2. The molecule has 0 saturated heterocycles. The average Bonchev–Trinajstić information content (AvgIpc) is 2.24. The molecule has 0 aliphatic heterocycles. The average molecular weight is 288 g/mol. The van der Waals surface area contributed by atoms with Crippen LogP contribution in [0.5, 0.6) is 0 Å². The second-order valence-corrected chi connectivity index (χ2v) is 4.62. The second kappa shape index (κ2) is 6.70. The molecule has 0 saturated carbocycles. The van der Waals surface area contributed by atoms with E-state index in [0.29, 0.717) is 5.69 Å². The van der Waals surface area contributed by atoms with Crippen molar-refractivity contribution < 1.29 is 5.11 Å². The fraction of sp³-hybridized carbons (Fsp3) is 0.545. The fourth-order valence-corrected chi connectivity index (χ4v) is 2.25. The van der Waals surface area contributed by atoms with Crippen molar-refractivity contribution in [2.45, 2.75) is 19.3 Å². The van der Waals surface area contributed by atoms with Crippen LogP contribution in [0.4, 0.5) is 11.4 Å². The lowest BCUT2D eigenvalue weighted by Gasteiger charge is -2.22. The van der Waals surface area contributed by atoms with Gasteiger partial charge in [0, 0.05) is 26.4 Å². The highest BCUT2D eigenvalue weighted by Gasteiger charge is 2.09. The Bertz CT molecular complexity index is 313. The zero-order valence-electron chi connectivity index (χ0n) is 9.49.